The molecule has 4 heteroatoms. The molecule has 0 atom stereocenters. The second-order valence-electron chi connectivity index (χ2n) is 6.00. The summed E-state index contributed by atoms with van der Waals surface area (Å²) in [5.41, 5.74) is 0. The van der Waals surface area contributed by atoms with Crippen LogP contribution >= 0.6 is 12.4 Å². The molecule has 0 bridgehead atoms. The summed E-state index contributed by atoms with van der Waals surface area (Å²) >= 11 is 0. The molecule has 0 saturated carbocycles. The van der Waals surface area contributed by atoms with Gasteiger partial charge in [-0.2, -0.15) is 0 Å². The number of amides is 1. The second-order valence-corrected chi connectivity index (χ2v) is 6.00. The Morgan fingerprint density at radius 3 is 2.47 bits per heavy atom. The normalized spacial score (nSPS) is 16.5. The van der Waals surface area contributed by atoms with E-state index in [9.17, 15) is 4.79 Å². The standard InChI is InChI=1S/C15H30N2O.ClH/c1-13(2)6-7-14-8-11-17(12-9-14)15(18)5-4-10-16-3;/h13-14,16H,4-12H2,1-3H3;1H. The fourth-order valence-electron chi connectivity index (χ4n) is 2.61. The molecule has 0 aromatic rings. The summed E-state index contributed by atoms with van der Waals surface area (Å²) in [7, 11) is 1.94. The Labute approximate surface area is 124 Å². The van der Waals surface area contributed by atoms with Crippen LogP contribution in [0.5, 0.6) is 0 Å². The van der Waals surface area contributed by atoms with Crippen molar-refractivity contribution in [2.75, 3.05) is 26.7 Å². The van der Waals surface area contributed by atoms with Crippen molar-refractivity contribution in [3.63, 3.8) is 0 Å². The van der Waals surface area contributed by atoms with Gasteiger partial charge in [0.15, 0.2) is 0 Å². The Balaban J connectivity index is 0.00000324. The van der Waals surface area contributed by atoms with Crippen molar-refractivity contribution in [2.24, 2.45) is 11.8 Å². The van der Waals surface area contributed by atoms with Crippen LogP contribution in [0.1, 0.15) is 52.4 Å². The molecule has 0 aromatic heterocycles. The van der Waals surface area contributed by atoms with Crippen LogP contribution in [0, 0.1) is 11.8 Å². The van der Waals surface area contributed by atoms with Gasteiger partial charge >= 0.3 is 0 Å². The van der Waals surface area contributed by atoms with E-state index in [-0.39, 0.29) is 12.4 Å². The Morgan fingerprint density at radius 1 is 1.32 bits per heavy atom. The van der Waals surface area contributed by atoms with Gasteiger partial charge in [-0.15, -0.1) is 12.4 Å². The number of nitrogens with zero attached hydrogens (tertiary/aromatic N) is 1. The Kier molecular flexibility index (Phi) is 10.3. The average molecular weight is 291 g/mol. The van der Waals surface area contributed by atoms with Crippen molar-refractivity contribution in [3.05, 3.63) is 0 Å². The highest BCUT2D eigenvalue weighted by Gasteiger charge is 2.22. The van der Waals surface area contributed by atoms with Gasteiger partial charge in [-0.05, 0) is 44.7 Å². The predicted molar refractivity (Wildman–Crippen MR) is 83.8 cm³/mol. The van der Waals surface area contributed by atoms with Crippen molar-refractivity contribution in [1.82, 2.24) is 10.2 Å². The van der Waals surface area contributed by atoms with E-state index in [2.05, 4.69) is 24.1 Å². The van der Waals surface area contributed by atoms with Gasteiger partial charge in [-0.3, -0.25) is 4.79 Å². The van der Waals surface area contributed by atoms with Gasteiger partial charge in [-0.1, -0.05) is 26.7 Å². The highest BCUT2D eigenvalue weighted by Crippen LogP contribution is 2.24. The Morgan fingerprint density at radius 2 is 1.95 bits per heavy atom. The minimum absolute atomic E-state index is 0. The van der Waals surface area contributed by atoms with Crippen molar-refractivity contribution in [1.29, 1.82) is 0 Å². The fraction of sp³-hybridized carbons (Fsp3) is 0.933. The van der Waals surface area contributed by atoms with E-state index in [1.165, 1.54) is 25.7 Å². The number of carbonyl (C=O) groups is 1. The molecule has 3 nitrogen and oxygen atoms in total. The molecule has 0 aliphatic carbocycles. The summed E-state index contributed by atoms with van der Waals surface area (Å²) in [5.74, 6) is 2.02. The quantitative estimate of drug-likeness (QED) is 0.731. The van der Waals surface area contributed by atoms with Crippen LogP contribution in [0.3, 0.4) is 0 Å². The smallest absolute Gasteiger partial charge is 0.222 e. The second kappa shape index (κ2) is 10.5. The van der Waals surface area contributed by atoms with Crippen molar-refractivity contribution in [2.45, 2.75) is 52.4 Å². The molecule has 1 rings (SSSR count). The first-order valence-electron chi connectivity index (χ1n) is 7.55. The van der Waals surface area contributed by atoms with E-state index >= 15 is 0 Å². The number of hydrogen-bond donors (Lipinski definition) is 1. The van der Waals surface area contributed by atoms with Crippen LogP contribution in [0.15, 0.2) is 0 Å². The van der Waals surface area contributed by atoms with Crippen LogP contribution in [0.2, 0.25) is 0 Å². The molecule has 1 saturated heterocycles. The van der Waals surface area contributed by atoms with Crippen molar-refractivity contribution in [3.8, 4) is 0 Å². The van der Waals surface area contributed by atoms with Crippen molar-refractivity contribution >= 4 is 18.3 Å². The minimum atomic E-state index is 0. The van der Waals surface area contributed by atoms with E-state index in [0.29, 0.717) is 12.3 Å². The molecule has 0 spiro atoms. The fourth-order valence-corrected chi connectivity index (χ4v) is 2.61. The van der Waals surface area contributed by atoms with Crippen LogP contribution in [-0.4, -0.2) is 37.5 Å². The number of hydrogen-bond acceptors (Lipinski definition) is 2. The summed E-state index contributed by atoms with van der Waals surface area (Å²) < 4.78 is 0. The molecule has 19 heavy (non-hydrogen) atoms. The van der Waals surface area contributed by atoms with Crippen LogP contribution in [0.25, 0.3) is 0 Å². The monoisotopic (exact) mass is 290 g/mol. The first kappa shape index (κ1) is 18.7. The SMILES string of the molecule is CNCCCC(=O)N1CCC(CCC(C)C)CC1.Cl. The molecular formula is C15H31ClN2O. The van der Waals surface area contributed by atoms with E-state index in [4.69, 9.17) is 0 Å². The largest absolute Gasteiger partial charge is 0.343 e. The number of halogens is 1. The predicted octanol–water partition coefficient (Wildman–Crippen LogP) is 3.08. The van der Waals surface area contributed by atoms with Gasteiger partial charge in [0.2, 0.25) is 5.91 Å². The van der Waals surface area contributed by atoms with Crippen LogP contribution < -0.4 is 5.32 Å². The maximum atomic E-state index is 11.9. The first-order valence-corrected chi connectivity index (χ1v) is 7.55. The van der Waals surface area contributed by atoms with Crippen LogP contribution in [-0.2, 0) is 4.79 Å². The van der Waals surface area contributed by atoms with Gasteiger partial charge < -0.3 is 10.2 Å². The molecule has 114 valence electrons. The molecule has 1 amide bonds. The van der Waals surface area contributed by atoms with Crippen molar-refractivity contribution < 1.29 is 4.79 Å². The molecule has 1 fully saturated rings. The molecule has 0 aromatic carbocycles. The third-order valence-electron chi connectivity index (χ3n) is 3.94. The van der Waals surface area contributed by atoms with Gasteiger partial charge in [-0.25, -0.2) is 0 Å². The van der Waals surface area contributed by atoms with Crippen LogP contribution in [0.4, 0.5) is 0 Å². The maximum absolute atomic E-state index is 11.9. The summed E-state index contributed by atoms with van der Waals surface area (Å²) in [6.07, 6.45) is 6.77. The molecule has 1 aliphatic rings. The Hall–Kier alpha value is -0.280. The lowest BCUT2D eigenvalue weighted by Crippen LogP contribution is -2.38. The lowest BCUT2D eigenvalue weighted by Gasteiger charge is -2.32. The third-order valence-corrected chi connectivity index (χ3v) is 3.94. The number of likely N-dealkylation sites (tertiary alicyclic amines) is 1. The molecule has 1 N–H and O–H groups in total. The molecular weight excluding hydrogens is 260 g/mol. The topological polar surface area (TPSA) is 32.3 Å². The molecule has 1 heterocycles. The lowest BCUT2D eigenvalue weighted by atomic mass is 9.89. The zero-order valence-corrected chi connectivity index (χ0v) is 13.6. The number of carbonyl (C=O) groups excluding carboxylic acids is 1. The highest BCUT2D eigenvalue weighted by atomic mass is 35.5. The maximum Gasteiger partial charge on any atom is 0.222 e. The van der Waals surface area contributed by atoms with Gasteiger partial charge in [0.25, 0.3) is 0 Å². The first-order chi connectivity index (χ1) is 8.63. The van der Waals surface area contributed by atoms with Gasteiger partial charge in [0.1, 0.15) is 0 Å². The highest BCUT2D eigenvalue weighted by molar-refractivity contribution is 5.85. The summed E-state index contributed by atoms with van der Waals surface area (Å²) in [6.45, 7) is 7.50. The molecule has 0 radical (unpaired) electrons. The number of nitrogens with one attached hydrogen (secondary N) is 1. The summed E-state index contributed by atoms with van der Waals surface area (Å²) in [5, 5.41) is 3.09. The molecule has 0 unspecified atom stereocenters. The third kappa shape index (κ3) is 7.78. The average Bonchev–Trinajstić information content (AvgIpc) is 2.37. The van der Waals surface area contributed by atoms with Gasteiger partial charge in [0, 0.05) is 19.5 Å². The summed E-state index contributed by atoms with van der Waals surface area (Å²) in [4.78, 5) is 14.0. The summed E-state index contributed by atoms with van der Waals surface area (Å²) in [6, 6.07) is 0. The van der Waals surface area contributed by atoms with E-state index in [1.54, 1.807) is 0 Å². The Bertz CT molecular complexity index is 238. The minimum Gasteiger partial charge on any atom is -0.343 e. The molecule has 1 aliphatic heterocycles. The van der Waals surface area contributed by atoms with Gasteiger partial charge in [0.05, 0.1) is 0 Å². The van der Waals surface area contributed by atoms with E-state index < -0.39 is 0 Å². The number of rotatable bonds is 7. The zero-order valence-electron chi connectivity index (χ0n) is 12.8. The number of piperidine rings is 1. The lowest BCUT2D eigenvalue weighted by molar-refractivity contribution is -0.132. The van der Waals surface area contributed by atoms with E-state index in [0.717, 1.165) is 37.9 Å². The van der Waals surface area contributed by atoms with E-state index in [1.807, 2.05) is 7.05 Å². The zero-order chi connectivity index (χ0) is 13.4.